The van der Waals surface area contributed by atoms with E-state index in [4.69, 9.17) is 32.4 Å². The Hall–Kier alpha value is -1.63. The summed E-state index contributed by atoms with van der Waals surface area (Å²) in [7, 11) is 0. The molecule has 0 aliphatic heterocycles. The van der Waals surface area contributed by atoms with Crippen LogP contribution in [0.1, 0.15) is 35.5 Å². The minimum Gasteiger partial charge on any atom is -0.417 e. The van der Waals surface area contributed by atoms with E-state index in [0.29, 0.717) is 42.1 Å². The van der Waals surface area contributed by atoms with Gasteiger partial charge < -0.3 is 14.5 Å². The minimum atomic E-state index is -0.401. The summed E-state index contributed by atoms with van der Waals surface area (Å²) in [5, 5.41) is 11.4. The number of nitrogens with one attached hydrogen (secondary N) is 1. The van der Waals surface area contributed by atoms with Crippen LogP contribution in [-0.2, 0) is 11.2 Å². The molecule has 0 bridgehead atoms. The van der Waals surface area contributed by atoms with Crippen LogP contribution in [0.15, 0.2) is 22.6 Å². The summed E-state index contributed by atoms with van der Waals surface area (Å²) in [6, 6.07) is 5.15. The molecule has 0 saturated carbocycles. The van der Waals surface area contributed by atoms with Gasteiger partial charge in [-0.25, -0.2) is 0 Å². The largest absolute Gasteiger partial charge is 0.417 e. The highest BCUT2D eigenvalue weighted by Crippen LogP contribution is 2.23. The van der Waals surface area contributed by atoms with Crippen molar-refractivity contribution < 1.29 is 13.9 Å². The van der Waals surface area contributed by atoms with Gasteiger partial charge in [0.05, 0.1) is 6.42 Å². The number of nitrogens with zero attached hydrogens (tertiary/aromatic N) is 2. The molecule has 124 valence electrons. The second-order valence-corrected chi connectivity index (χ2v) is 5.56. The number of carbonyl (C=O) groups is 1. The molecule has 0 spiro atoms. The highest BCUT2D eigenvalue weighted by molar-refractivity contribution is 6.35. The molecule has 1 N–H and O–H groups in total. The number of benzene rings is 1. The van der Waals surface area contributed by atoms with Gasteiger partial charge in [-0.15, -0.1) is 10.2 Å². The van der Waals surface area contributed by atoms with Crippen LogP contribution in [0.5, 0.6) is 0 Å². The van der Waals surface area contributed by atoms with Crippen LogP contribution < -0.4 is 5.32 Å². The van der Waals surface area contributed by atoms with Crippen LogP contribution >= 0.6 is 23.2 Å². The van der Waals surface area contributed by atoms with Gasteiger partial charge in [-0.3, -0.25) is 4.79 Å². The van der Waals surface area contributed by atoms with Crippen LogP contribution in [0.3, 0.4) is 0 Å². The lowest BCUT2D eigenvalue weighted by molar-refractivity contribution is 0.0908. The molecule has 2 aromatic rings. The summed E-state index contributed by atoms with van der Waals surface area (Å²) in [5.74, 6) is -0.155. The highest BCUT2D eigenvalue weighted by atomic mass is 35.5. The third kappa shape index (κ3) is 5.49. The van der Waals surface area contributed by atoms with E-state index in [9.17, 15) is 4.79 Å². The Morgan fingerprint density at radius 1 is 1.35 bits per heavy atom. The number of ether oxygens (including phenoxy) is 1. The molecular weight excluding hydrogens is 341 g/mol. The number of hydrogen-bond donors (Lipinski definition) is 1. The summed E-state index contributed by atoms with van der Waals surface area (Å²) in [5.41, 5.74) is 0.795. The van der Waals surface area contributed by atoms with E-state index in [1.165, 1.54) is 0 Å². The quantitative estimate of drug-likeness (QED) is 0.734. The lowest BCUT2D eigenvalue weighted by atomic mass is 10.1. The van der Waals surface area contributed by atoms with Crippen molar-refractivity contribution in [3.05, 3.63) is 45.6 Å². The molecule has 0 unspecified atom stereocenters. The van der Waals surface area contributed by atoms with Crippen LogP contribution in [0, 0.1) is 0 Å². The zero-order valence-corrected chi connectivity index (χ0v) is 14.2. The predicted molar refractivity (Wildman–Crippen MR) is 87.0 cm³/mol. The maximum atomic E-state index is 11.9. The molecule has 1 amide bonds. The second kappa shape index (κ2) is 8.86. The Kier molecular flexibility index (Phi) is 6.83. The van der Waals surface area contributed by atoms with Gasteiger partial charge in [0.25, 0.3) is 0 Å². The normalized spacial score (nSPS) is 10.7. The molecular formula is C15H17Cl2N3O3. The van der Waals surface area contributed by atoms with Gasteiger partial charge in [0, 0.05) is 29.8 Å². The highest BCUT2D eigenvalue weighted by Gasteiger charge is 2.15. The standard InChI is InChI=1S/C15H17Cl2N3O3/c1-2-22-7-3-6-18-14(21)15-20-19-13(23-15)8-10-4-5-11(16)9-12(10)17/h4-5,9H,2-3,6-8H2,1H3,(H,18,21). The minimum absolute atomic E-state index is 0.0681. The first-order chi connectivity index (χ1) is 11.1. The molecule has 6 nitrogen and oxygen atoms in total. The van der Waals surface area contributed by atoms with Gasteiger partial charge in [0.1, 0.15) is 0 Å². The number of amides is 1. The molecule has 2 rings (SSSR count). The van der Waals surface area contributed by atoms with Crippen molar-refractivity contribution in [1.29, 1.82) is 0 Å². The summed E-state index contributed by atoms with van der Waals surface area (Å²) < 4.78 is 10.5. The van der Waals surface area contributed by atoms with Crippen molar-refractivity contribution in [2.45, 2.75) is 19.8 Å². The molecule has 0 aliphatic rings. The third-order valence-electron chi connectivity index (χ3n) is 2.97. The zero-order valence-electron chi connectivity index (χ0n) is 12.6. The first-order valence-electron chi connectivity index (χ1n) is 7.22. The Bertz CT molecular complexity index is 661. The summed E-state index contributed by atoms with van der Waals surface area (Å²) >= 11 is 11.9. The van der Waals surface area contributed by atoms with E-state index in [1.54, 1.807) is 18.2 Å². The van der Waals surface area contributed by atoms with Crippen molar-refractivity contribution in [3.63, 3.8) is 0 Å². The van der Waals surface area contributed by atoms with E-state index in [0.717, 1.165) is 12.0 Å². The lowest BCUT2D eigenvalue weighted by Gasteiger charge is -2.02. The third-order valence-corrected chi connectivity index (χ3v) is 3.56. The maximum absolute atomic E-state index is 11.9. The lowest BCUT2D eigenvalue weighted by Crippen LogP contribution is -2.25. The van der Waals surface area contributed by atoms with E-state index in [-0.39, 0.29) is 5.89 Å². The number of halogens is 2. The summed E-state index contributed by atoms with van der Waals surface area (Å²) in [4.78, 5) is 11.9. The SMILES string of the molecule is CCOCCCNC(=O)c1nnc(Cc2ccc(Cl)cc2Cl)o1. The molecule has 1 aromatic heterocycles. The van der Waals surface area contributed by atoms with Crippen molar-refractivity contribution >= 4 is 29.1 Å². The van der Waals surface area contributed by atoms with Crippen molar-refractivity contribution in [2.24, 2.45) is 0 Å². The molecule has 0 saturated heterocycles. The Morgan fingerprint density at radius 3 is 2.91 bits per heavy atom. The molecule has 8 heteroatoms. The van der Waals surface area contributed by atoms with Crippen LogP contribution in [-0.4, -0.2) is 35.9 Å². The average Bonchev–Trinajstić information content (AvgIpc) is 2.98. The number of hydrogen-bond acceptors (Lipinski definition) is 5. The first-order valence-corrected chi connectivity index (χ1v) is 7.98. The fourth-order valence-corrected chi connectivity index (χ4v) is 2.32. The van der Waals surface area contributed by atoms with Crippen molar-refractivity contribution in [2.75, 3.05) is 19.8 Å². The Labute approximate surface area is 144 Å². The van der Waals surface area contributed by atoms with Crippen LogP contribution in [0.2, 0.25) is 10.0 Å². The fraction of sp³-hybridized carbons (Fsp3) is 0.400. The second-order valence-electron chi connectivity index (χ2n) is 4.72. The van der Waals surface area contributed by atoms with Gasteiger partial charge in [0.15, 0.2) is 0 Å². The molecule has 0 aliphatic carbocycles. The monoisotopic (exact) mass is 357 g/mol. The maximum Gasteiger partial charge on any atom is 0.308 e. The Balaban J connectivity index is 1.88. The van der Waals surface area contributed by atoms with Crippen LogP contribution in [0.4, 0.5) is 0 Å². The summed E-state index contributed by atoms with van der Waals surface area (Å²) in [6.07, 6.45) is 1.06. The van der Waals surface area contributed by atoms with E-state index in [1.807, 2.05) is 6.92 Å². The molecule has 0 radical (unpaired) electrons. The smallest absolute Gasteiger partial charge is 0.308 e. The zero-order chi connectivity index (χ0) is 16.7. The van der Waals surface area contributed by atoms with E-state index in [2.05, 4.69) is 15.5 Å². The first kappa shape index (κ1) is 17.7. The molecule has 0 fully saturated rings. The number of carbonyl (C=O) groups excluding carboxylic acids is 1. The van der Waals surface area contributed by atoms with Gasteiger partial charge in [0.2, 0.25) is 5.89 Å². The van der Waals surface area contributed by atoms with Crippen molar-refractivity contribution in [3.8, 4) is 0 Å². The molecule has 1 aromatic carbocycles. The number of aromatic nitrogens is 2. The fourth-order valence-electron chi connectivity index (χ4n) is 1.84. The molecule has 23 heavy (non-hydrogen) atoms. The predicted octanol–water partition coefficient (Wildman–Crippen LogP) is 3.12. The van der Waals surface area contributed by atoms with Gasteiger partial charge in [-0.05, 0) is 31.0 Å². The van der Waals surface area contributed by atoms with Crippen LogP contribution in [0.25, 0.3) is 0 Å². The number of rotatable bonds is 8. The van der Waals surface area contributed by atoms with Gasteiger partial charge in [-0.1, -0.05) is 29.3 Å². The van der Waals surface area contributed by atoms with Gasteiger partial charge in [-0.2, -0.15) is 0 Å². The Morgan fingerprint density at radius 2 is 2.17 bits per heavy atom. The van der Waals surface area contributed by atoms with Gasteiger partial charge >= 0.3 is 11.8 Å². The summed E-state index contributed by atoms with van der Waals surface area (Å²) in [6.45, 7) is 3.67. The molecule has 1 heterocycles. The molecule has 0 atom stereocenters. The van der Waals surface area contributed by atoms with Crippen molar-refractivity contribution in [1.82, 2.24) is 15.5 Å². The topological polar surface area (TPSA) is 77.2 Å². The van der Waals surface area contributed by atoms with E-state index < -0.39 is 5.91 Å². The van der Waals surface area contributed by atoms with E-state index >= 15 is 0 Å². The average molecular weight is 358 g/mol.